The minimum Gasteiger partial charge on any atom is -0.351 e. The number of benzene rings is 1. The van der Waals surface area contributed by atoms with Crippen molar-refractivity contribution in [2.24, 2.45) is 0 Å². The second-order valence-corrected chi connectivity index (χ2v) is 4.51. The number of nitrogens with one attached hydrogen (secondary N) is 2. The van der Waals surface area contributed by atoms with Crippen molar-refractivity contribution in [2.75, 3.05) is 11.9 Å². The van der Waals surface area contributed by atoms with E-state index in [0.29, 0.717) is 18.2 Å². The van der Waals surface area contributed by atoms with Crippen molar-refractivity contribution >= 4 is 17.5 Å². The molecule has 5 heteroatoms. The molecule has 0 fully saturated rings. The Labute approximate surface area is 118 Å². The first kappa shape index (κ1) is 14.0. The molecule has 5 nitrogen and oxygen atoms in total. The Morgan fingerprint density at radius 2 is 1.95 bits per heavy atom. The fraction of sp³-hybridized carbons (Fsp3) is 0.267. The predicted octanol–water partition coefficient (Wildman–Crippen LogP) is 2.67. The van der Waals surface area contributed by atoms with Crippen molar-refractivity contribution in [3.05, 3.63) is 47.8 Å². The lowest BCUT2D eigenvalue weighted by atomic mass is 10.2. The summed E-state index contributed by atoms with van der Waals surface area (Å²) in [6.07, 6.45) is 2.47. The van der Waals surface area contributed by atoms with Crippen LogP contribution in [0.5, 0.6) is 0 Å². The number of nitrogens with zero attached hydrogens (tertiary/aromatic N) is 2. The van der Waals surface area contributed by atoms with Crippen LogP contribution >= 0.6 is 0 Å². The number of carbonyl (C=O) groups is 1. The van der Waals surface area contributed by atoms with Gasteiger partial charge in [0.2, 0.25) is 5.95 Å². The molecule has 2 aromatic rings. The molecule has 0 bridgehead atoms. The summed E-state index contributed by atoms with van der Waals surface area (Å²) in [5.74, 6) is 0.235. The lowest BCUT2D eigenvalue weighted by molar-refractivity contribution is 0.0948. The summed E-state index contributed by atoms with van der Waals surface area (Å²) in [6.45, 7) is 4.67. The Kier molecular flexibility index (Phi) is 4.65. The number of aryl methyl sites for hydroxylation is 1. The van der Waals surface area contributed by atoms with Crippen LogP contribution in [-0.4, -0.2) is 22.4 Å². The standard InChI is InChI=1S/C15H18N4O/c1-3-9-16-14(20)13-8-10-17-15(19-13)18-12-6-4-11(2)5-7-12/h4-8,10H,3,9H2,1-2H3,(H,16,20)(H,17,18,19). The van der Waals surface area contributed by atoms with Gasteiger partial charge in [-0.3, -0.25) is 4.79 Å². The number of hydrogen-bond donors (Lipinski definition) is 2. The molecule has 0 saturated carbocycles. The molecule has 0 saturated heterocycles. The van der Waals surface area contributed by atoms with E-state index in [0.717, 1.165) is 12.1 Å². The lowest BCUT2D eigenvalue weighted by Gasteiger charge is -2.07. The van der Waals surface area contributed by atoms with E-state index in [-0.39, 0.29) is 5.91 Å². The van der Waals surface area contributed by atoms with Crippen LogP contribution in [-0.2, 0) is 0 Å². The van der Waals surface area contributed by atoms with E-state index in [1.807, 2.05) is 38.1 Å². The van der Waals surface area contributed by atoms with Gasteiger partial charge in [0.15, 0.2) is 0 Å². The molecule has 1 aromatic carbocycles. The first-order chi connectivity index (χ1) is 9.69. The first-order valence-electron chi connectivity index (χ1n) is 6.64. The number of amides is 1. The molecular weight excluding hydrogens is 252 g/mol. The van der Waals surface area contributed by atoms with Gasteiger partial charge in [-0.1, -0.05) is 24.6 Å². The summed E-state index contributed by atoms with van der Waals surface area (Å²) >= 11 is 0. The minimum absolute atomic E-state index is 0.179. The van der Waals surface area contributed by atoms with Gasteiger partial charge >= 0.3 is 0 Å². The van der Waals surface area contributed by atoms with Gasteiger partial charge in [0.05, 0.1) is 0 Å². The number of aromatic nitrogens is 2. The lowest BCUT2D eigenvalue weighted by Crippen LogP contribution is -2.25. The molecule has 0 atom stereocenters. The average molecular weight is 270 g/mol. The van der Waals surface area contributed by atoms with E-state index in [4.69, 9.17) is 0 Å². The number of hydrogen-bond acceptors (Lipinski definition) is 4. The fourth-order valence-corrected chi connectivity index (χ4v) is 1.64. The zero-order chi connectivity index (χ0) is 14.4. The van der Waals surface area contributed by atoms with Crippen LogP contribution in [0.1, 0.15) is 29.4 Å². The second-order valence-electron chi connectivity index (χ2n) is 4.51. The molecule has 0 unspecified atom stereocenters. The van der Waals surface area contributed by atoms with Gasteiger partial charge in [0.1, 0.15) is 5.69 Å². The van der Waals surface area contributed by atoms with E-state index >= 15 is 0 Å². The largest absolute Gasteiger partial charge is 0.351 e. The van der Waals surface area contributed by atoms with Crippen molar-refractivity contribution in [1.29, 1.82) is 0 Å². The zero-order valence-corrected chi connectivity index (χ0v) is 11.7. The summed E-state index contributed by atoms with van der Waals surface area (Å²) in [5, 5.41) is 5.87. The number of rotatable bonds is 5. The summed E-state index contributed by atoms with van der Waals surface area (Å²) in [6, 6.07) is 9.50. The van der Waals surface area contributed by atoms with E-state index in [1.54, 1.807) is 12.3 Å². The van der Waals surface area contributed by atoms with E-state index < -0.39 is 0 Å². The molecule has 1 aromatic heterocycles. The normalized spacial score (nSPS) is 10.1. The van der Waals surface area contributed by atoms with E-state index in [2.05, 4.69) is 20.6 Å². The van der Waals surface area contributed by atoms with Crippen molar-refractivity contribution in [1.82, 2.24) is 15.3 Å². The summed E-state index contributed by atoms with van der Waals surface area (Å²) in [7, 11) is 0. The van der Waals surface area contributed by atoms with Crippen LogP contribution in [0, 0.1) is 6.92 Å². The average Bonchev–Trinajstić information content (AvgIpc) is 2.47. The van der Waals surface area contributed by atoms with Crippen LogP contribution in [0.3, 0.4) is 0 Å². The second kappa shape index (κ2) is 6.65. The van der Waals surface area contributed by atoms with Gasteiger partial charge in [-0.2, -0.15) is 0 Å². The van der Waals surface area contributed by atoms with E-state index in [1.165, 1.54) is 5.56 Å². The molecule has 0 aliphatic heterocycles. The SMILES string of the molecule is CCCNC(=O)c1ccnc(Nc2ccc(C)cc2)n1. The third kappa shape index (κ3) is 3.78. The Balaban J connectivity index is 2.09. The third-order valence-electron chi connectivity index (χ3n) is 2.73. The Morgan fingerprint density at radius 1 is 1.20 bits per heavy atom. The summed E-state index contributed by atoms with van der Waals surface area (Å²) in [4.78, 5) is 20.2. The van der Waals surface area contributed by atoms with Crippen LogP contribution in [0.25, 0.3) is 0 Å². The molecule has 0 aliphatic carbocycles. The van der Waals surface area contributed by atoms with Gasteiger partial charge in [-0.15, -0.1) is 0 Å². The maximum atomic E-state index is 11.8. The van der Waals surface area contributed by atoms with Gasteiger partial charge < -0.3 is 10.6 Å². The highest BCUT2D eigenvalue weighted by Crippen LogP contribution is 2.13. The number of carbonyl (C=O) groups excluding carboxylic acids is 1. The minimum atomic E-state index is -0.179. The zero-order valence-electron chi connectivity index (χ0n) is 11.7. The Bertz CT molecular complexity index is 581. The predicted molar refractivity (Wildman–Crippen MR) is 79.1 cm³/mol. The quantitative estimate of drug-likeness (QED) is 0.876. The summed E-state index contributed by atoms with van der Waals surface area (Å²) in [5.41, 5.74) is 2.44. The van der Waals surface area contributed by atoms with Gasteiger partial charge in [0, 0.05) is 18.4 Å². The molecule has 2 rings (SSSR count). The first-order valence-corrected chi connectivity index (χ1v) is 6.64. The topological polar surface area (TPSA) is 66.9 Å². The van der Waals surface area contributed by atoms with Crippen molar-refractivity contribution < 1.29 is 4.79 Å². The molecule has 0 aliphatic rings. The van der Waals surface area contributed by atoms with Crippen LogP contribution in [0.4, 0.5) is 11.6 Å². The van der Waals surface area contributed by atoms with Crippen LogP contribution < -0.4 is 10.6 Å². The van der Waals surface area contributed by atoms with Crippen molar-refractivity contribution in [3.63, 3.8) is 0 Å². The molecule has 0 radical (unpaired) electrons. The smallest absolute Gasteiger partial charge is 0.270 e. The molecule has 1 amide bonds. The van der Waals surface area contributed by atoms with E-state index in [9.17, 15) is 4.79 Å². The molecule has 0 spiro atoms. The highest BCUT2D eigenvalue weighted by atomic mass is 16.1. The van der Waals surface area contributed by atoms with Crippen LogP contribution in [0.15, 0.2) is 36.5 Å². The molecular formula is C15H18N4O. The Morgan fingerprint density at radius 3 is 2.65 bits per heavy atom. The fourth-order valence-electron chi connectivity index (χ4n) is 1.64. The number of anilines is 2. The van der Waals surface area contributed by atoms with Crippen molar-refractivity contribution in [3.8, 4) is 0 Å². The molecule has 104 valence electrons. The third-order valence-corrected chi connectivity index (χ3v) is 2.73. The van der Waals surface area contributed by atoms with Crippen LogP contribution in [0.2, 0.25) is 0 Å². The summed E-state index contributed by atoms with van der Waals surface area (Å²) < 4.78 is 0. The van der Waals surface area contributed by atoms with Gasteiger partial charge in [-0.25, -0.2) is 9.97 Å². The highest BCUT2D eigenvalue weighted by Gasteiger charge is 2.07. The molecule has 1 heterocycles. The maximum Gasteiger partial charge on any atom is 0.270 e. The maximum absolute atomic E-state index is 11.8. The van der Waals surface area contributed by atoms with Gasteiger partial charge in [-0.05, 0) is 31.5 Å². The molecule has 2 N–H and O–H groups in total. The van der Waals surface area contributed by atoms with Crippen molar-refractivity contribution in [2.45, 2.75) is 20.3 Å². The Hall–Kier alpha value is -2.43. The highest BCUT2D eigenvalue weighted by molar-refractivity contribution is 5.92. The monoisotopic (exact) mass is 270 g/mol. The van der Waals surface area contributed by atoms with Gasteiger partial charge in [0.25, 0.3) is 5.91 Å². The molecule has 20 heavy (non-hydrogen) atoms.